The van der Waals surface area contributed by atoms with Crippen LogP contribution in [0.3, 0.4) is 0 Å². The average molecular weight is 332 g/mol. The van der Waals surface area contributed by atoms with Crippen LogP contribution in [-0.2, 0) is 10.0 Å². The Balaban J connectivity index is 2.33. The SMILES string of the molecule is CC(=O)c1cccc(NC(=O)c2cc(C)cc(S(N)(=O)=O)c2)c1. The molecule has 0 aliphatic carbocycles. The normalized spacial score (nSPS) is 11.1. The summed E-state index contributed by atoms with van der Waals surface area (Å²) < 4.78 is 22.9. The summed E-state index contributed by atoms with van der Waals surface area (Å²) in [4.78, 5) is 23.5. The van der Waals surface area contributed by atoms with E-state index in [1.165, 1.54) is 19.1 Å². The molecule has 120 valence electrons. The number of hydrogen-bond acceptors (Lipinski definition) is 4. The van der Waals surface area contributed by atoms with Crippen molar-refractivity contribution in [2.24, 2.45) is 5.14 Å². The van der Waals surface area contributed by atoms with E-state index in [1.54, 1.807) is 37.3 Å². The second-order valence-electron chi connectivity index (χ2n) is 5.17. The number of carbonyl (C=O) groups excluding carboxylic acids is 2. The van der Waals surface area contributed by atoms with Gasteiger partial charge in [0.2, 0.25) is 10.0 Å². The minimum atomic E-state index is -3.90. The Morgan fingerprint density at radius 3 is 2.35 bits per heavy atom. The zero-order valence-electron chi connectivity index (χ0n) is 12.7. The fourth-order valence-electron chi connectivity index (χ4n) is 2.06. The van der Waals surface area contributed by atoms with Gasteiger partial charge in [0.1, 0.15) is 0 Å². The van der Waals surface area contributed by atoms with Crippen molar-refractivity contribution < 1.29 is 18.0 Å². The quantitative estimate of drug-likeness (QED) is 0.836. The third kappa shape index (κ3) is 4.24. The van der Waals surface area contributed by atoms with Gasteiger partial charge in [0.15, 0.2) is 5.78 Å². The summed E-state index contributed by atoms with van der Waals surface area (Å²) in [5.74, 6) is -0.604. The maximum Gasteiger partial charge on any atom is 0.255 e. The molecule has 0 aliphatic heterocycles. The van der Waals surface area contributed by atoms with Crippen LogP contribution in [0.4, 0.5) is 5.69 Å². The van der Waals surface area contributed by atoms with E-state index in [1.807, 2.05) is 0 Å². The number of primary sulfonamides is 1. The number of benzene rings is 2. The fourth-order valence-corrected chi connectivity index (χ4v) is 2.70. The Kier molecular flexibility index (Phi) is 4.63. The van der Waals surface area contributed by atoms with Gasteiger partial charge in [0.25, 0.3) is 5.91 Å². The molecule has 2 aromatic carbocycles. The number of rotatable bonds is 4. The monoisotopic (exact) mass is 332 g/mol. The third-order valence-corrected chi connectivity index (χ3v) is 4.06. The van der Waals surface area contributed by atoms with E-state index < -0.39 is 15.9 Å². The van der Waals surface area contributed by atoms with Crippen LogP contribution < -0.4 is 10.5 Å². The van der Waals surface area contributed by atoms with Crippen molar-refractivity contribution in [3.8, 4) is 0 Å². The summed E-state index contributed by atoms with van der Waals surface area (Å²) in [6, 6.07) is 10.6. The van der Waals surface area contributed by atoms with Crippen molar-refractivity contribution in [2.75, 3.05) is 5.32 Å². The molecule has 0 aliphatic rings. The topological polar surface area (TPSA) is 106 Å². The number of ketones is 1. The van der Waals surface area contributed by atoms with Crippen LogP contribution in [0, 0.1) is 6.92 Å². The first-order valence-electron chi connectivity index (χ1n) is 6.73. The number of nitrogens with two attached hydrogens (primary N) is 1. The van der Waals surface area contributed by atoms with Crippen molar-refractivity contribution in [3.63, 3.8) is 0 Å². The van der Waals surface area contributed by atoms with Gasteiger partial charge < -0.3 is 5.32 Å². The van der Waals surface area contributed by atoms with E-state index in [2.05, 4.69) is 5.32 Å². The largest absolute Gasteiger partial charge is 0.322 e. The maximum atomic E-state index is 12.3. The minimum absolute atomic E-state index is 0.117. The maximum absolute atomic E-state index is 12.3. The van der Waals surface area contributed by atoms with Crippen molar-refractivity contribution in [3.05, 3.63) is 59.2 Å². The summed E-state index contributed by atoms with van der Waals surface area (Å²) in [5, 5.41) is 7.74. The number of sulfonamides is 1. The highest BCUT2D eigenvalue weighted by Gasteiger charge is 2.14. The van der Waals surface area contributed by atoms with E-state index >= 15 is 0 Å². The Hall–Kier alpha value is -2.51. The first-order chi connectivity index (χ1) is 10.7. The molecule has 3 N–H and O–H groups in total. The Morgan fingerprint density at radius 2 is 1.74 bits per heavy atom. The summed E-state index contributed by atoms with van der Waals surface area (Å²) in [6.07, 6.45) is 0. The molecule has 0 saturated carbocycles. The van der Waals surface area contributed by atoms with E-state index in [9.17, 15) is 18.0 Å². The highest BCUT2D eigenvalue weighted by molar-refractivity contribution is 7.89. The lowest BCUT2D eigenvalue weighted by molar-refractivity contribution is 0.101. The van der Waals surface area contributed by atoms with Gasteiger partial charge in [-0.15, -0.1) is 0 Å². The zero-order chi connectivity index (χ0) is 17.2. The summed E-state index contributed by atoms with van der Waals surface area (Å²) >= 11 is 0. The van der Waals surface area contributed by atoms with Gasteiger partial charge in [-0.05, 0) is 49.7 Å². The van der Waals surface area contributed by atoms with Crippen molar-refractivity contribution in [1.29, 1.82) is 0 Å². The first-order valence-corrected chi connectivity index (χ1v) is 8.28. The highest BCUT2D eigenvalue weighted by atomic mass is 32.2. The number of nitrogens with one attached hydrogen (secondary N) is 1. The molecule has 7 heteroatoms. The number of carbonyl (C=O) groups is 2. The van der Waals surface area contributed by atoms with E-state index in [-0.39, 0.29) is 16.2 Å². The molecule has 0 fully saturated rings. The molecular formula is C16H16N2O4S. The average Bonchev–Trinajstić information content (AvgIpc) is 2.46. The van der Waals surface area contributed by atoms with Gasteiger partial charge in [-0.1, -0.05) is 12.1 Å². The van der Waals surface area contributed by atoms with Crippen molar-refractivity contribution >= 4 is 27.4 Å². The first kappa shape index (κ1) is 16.9. The van der Waals surface area contributed by atoms with Crippen LogP contribution in [0.15, 0.2) is 47.4 Å². The molecule has 2 rings (SSSR count). The van der Waals surface area contributed by atoms with E-state index in [4.69, 9.17) is 5.14 Å². The fraction of sp³-hybridized carbons (Fsp3) is 0.125. The lowest BCUT2D eigenvalue weighted by atomic mass is 10.1. The van der Waals surface area contributed by atoms with E-state index in [0.29, 0.717) is 16.8 Å². The summed E-state index contributed by atoms with van der Waals surface area (Å²) in [6.45, 7) is 3.10. The Labute approximate surface area is 134 Å². The smallest absolute Gasteiger partial charge is 0.255 e. The molecule has 0 radical (unpaired) electrons. The molecule has 0 spiro atoms. The second kappa shape index (κ2) is 6.31. The Morgan fingerprint density at radius 1 is 1.04 bits per heavy atom. The number of Topliss-reactive ketones (excluding diaryl/α,β-unsaturated/α-hetero) is 1. The standard InChI is InChI=1S/C16H16N2O4S/c1-10-6-13(9-15(7-10)23(17,21)22)16(20)18-14-5-3-4-12(8-14)11(2)19/h3-9H,1-2H3,(H,18,20)(H2,17,21,22). The number of hydrogen-bond donors (Lipinski definition) is 2. The zero-order valence-corrected chi connectivity index (χ0v) is 13.5. The molecule has 0 aromatic heterocycles. The van der Waals surface area contributed by atoms with Crippen LogP contribution in [0.25, 0.3) is 0 Å². The highest BCUT2D eigenvalue weighted by Crippen LogP contribution is 2.17. The van der Waals surface area contributed by atoms with Crippen molar-refractivity contribution in [2.45, 2.75) is 18.7 Å². The molecule has 1 amide bonds. The number of anilines is 1. The van der Waals surface area contributed by atoms with Gasteiger partial charge in [-0.3, -0.25) is 9.59 Å². The lowest BCUT2D eigenvalue weighted by Gasteiger charge is -2.08. The Bertz CT molecular complexity index is 889. The van der Waals surface area contributed by atoms with Crippen LogP contribution in [0.5, 0.6) is 0 Å². The third-order valence-electron chi connectivity index (χ3n) is 3.17. The molecule has 0 bridgehead atoms. The molecule has 0 unspecified atom stereocenters. The summed E-state index contributed by atoms with van der Waals surface area (Å²) in [5.41, 5.74) is 1.68. The van der Waals surface area contributed by atoms with Gasteiger partial charge >= 0.3 is 0 Å². The lowest BCUT2D eigenvalue weighted by Crippen LogP contribution is -2.16. The van der Waals surface area contributed by atoms with Gasteiger partial charge in [0.05, 0.1) is 4.90 Å². The number of amides is 1. The predicted molar refractivity (Wildman–Crippen MR) is 87.0 cm³/mol. The molecule has 0 heterocycles. The second-order valence-corrected chi connectivity index (χ2v) is 6.73. The number of aryl methyl sites for hydroxylation is 1. The molecule has 0 saturated heterocycles. The molecule has 2 aromatic rings. The van der Waals surface area contributed by atoms with Crippen LogP contribution in [0.2, 0.25) is 0 Å². The van der Waals surface area contributed by atoms with Crippen LogP contribution in [0.1, 0.15) is 33.2 Å². The molecule has 0 atom stereocenters. The predicted octanol–water partition coefficient (Wildman–Crippen LogP) is 2.10. The molecular weight excluding hydrogens is 316 g/mol. The van der Waals surface area contributed by atoms with Crippen LogP contribution >= 0.6 is 0 Å². The minimum Gasteiger partial charge on any atom is -0.322 e. The van der Waals surface area contributed by atoms with Gasteiger partial charge in [-0.25, -0.2) is 13.6 Å². The molecule has 6 nitrogen and oxygen atoms in total. The van der Waals surface area contributed by atoms with Gasteiger partial charge in [0, 0.05) is 16.8 Å². The van der Waals surface area contributed by atoms with Crippen LogP contribution in [-0.4, -0.2) is 20.1 Å². The van der Waals surface area contributed by atoms with Crippen molar-refractivity contribution in [1.82, 2.24) is 0 Å². The summed E-state index contributed by atoms with van der Waals surface area (Å²) in [7, 11) is -3.90. The van der Waals surface area contributed by atoms with E-state index in [0.717, 1.165) is 0 Å². The van der Waals surface area contributed by atoms with Gasteiger partial charge in [-0.2, -0.15) is 0 Å². The molecule has 23 heavy (non-hydrogen) atoms.